The Morgan fingerprint density at radius 1 is 0.962 bits per heavy atom. The first-order valence-corrected chi connectivity index (χ1v) is 8.85. The molecule has 1 amide bonds. The van der Waals surface area contributed by atoms with Crippen molar-refractivity contribution < 1.29 is 19.1 Å². The van der Waals surface area contributed by atoms with Crippen molar-refractivity contribution in [2.75, 3.05) is 18.5 Å². The Balaban J connectivity index is 1.83. The number of carbonyl (C=O) groups is 2. The van der Waals surface area contributed by atoms with Gasteiger partial charge in [-0.05, 0) is 48.2 Å². The number of ether oxygens (including phenoxy) is 2. The molecule has 0 bridgehead atoms. The molecule has 0 unspecified atom stereocenters. The van der Waals surface area contributed by atoms with Crippen molar-refractivity contribution >= 4 is 29.2 Å². The second kappa shape index (κ2) is 9.82. The predicted octanol–water partition coefficient (Wildman–Crippen LogP) is 4.03. The van der Waals surface area contributed by atoms with Gasteiger partial charge in [-0.1, -0.05) is 43.6 Å². The molecule has 1 N–H and O–H groups in total. The Bertz CT molecular complexity index is 737. The third kappa shape index (κ3) is 5.77. The molecule has 0 aliphatic rings. The Hall–Kier alpha value is -2.53. The third-order valence-corrected chi connectivity index (χ3v) is 4.05. The molecule has 2 rings (SSSR count). The van der Waals surface area contributed by atoms with Crippen LogP contribution < -0.4 is 10.1 Å². The second-order valence-corrected chi connectivity index (χ2v) is 6.05. The topological polar surface area (TPSA) is 64.6 Å². The number of esters is 1. The molecule has 138 valence electrons. The van der Waals surface area contributed by atoms with Crippen LogP contribution in [0.3, 0.4) is 0 Å². The van der Waals surface area contributed by atoms with Gasteiger partial charge < -0.3 is 14.8 Å². The molecule has 6 heteroatoms. The number of amides is 1. The number of anilines is 1. The van der Waals surface area contributed by atoms with Crippen LogP contribution in [0.2, 0.25) is 5.02 Å². The van der Waals surface area contributed by atoms with Crippen LogP contribution >= 0.6 is 11.6 Å². The summed E-state index contributed by atoms with van der Waals surface area (Å²) in [5.74, 6) is -0.490. The molecule has 0 fully saturated rings. The van der Waals surface area contributed by atoms with Gasteiger partial charge in [0.2, 0.25) is 0 Å². The predicted molar refractivity (Wildman–Crippen MR) is 102 cm³/mol. The van der Waals surface area contributed by atoms with Gasteiger partial charge in [-0.3, -0.25) is 4.79 Å². The Morgan fingerprint density at radius 2 is 1.58 bits per heavy atom. The number of rotatable bonds is 8. The van der Waals surface area contributed by atoms with Crippen molar-refractivity contribution in [2.45, 2.75) is 26.7 Å². The summed E-state index contributed by atoms with van der Waals surface area (Å²) in [6.07, 6.45) is 1.61. The van der Waals surface area contributed by atoms with Crippen LogP contribution in [0.5, 0.6) is 5.75 Å². The van der Waals surface area contributed by atoms with E-state index in [4.69, 9.17) is 21.1 Å². The lowest BCUT2D eigenvalue weighted by atomic mass is 10.0. The van der Waals surface area contributed by atoms with Gasteiger partial charge in [-0.25, -0.2) is 4.79 Å². The molecule has 2 aromatic rings. The number of benzene rings is 2. The lowest BCUT2D eigenvalue weighted by Crippen LogP contribution is -2.24. The van der Waals surface area contributed by atoms with E-state index in [9.17, 15) is 9.59 Å². The third-order valence-electron chi connectivity index (χ3n) is 3.80. The molecule has 0 heterocycles. The van der Waals surface area contributed by atoms with Gasteiger partial charge in [-0.2, -0.15) is 0 Å². The summed E-state index contributed by atoms with van der Waals surface area (Å²) >= 11 is 5.78. The normalized spacial score (nSPS) is 10.3. The SMILES string of the molecule is CCc1cccc(CC)c1NC(=O)COC(=O)COc1ccc(Cl)cc1. The van der Waals surface area contributed by atoms with Gasteiger partial charge in [0.25, 0.3) is 5.91 Å². The molecule has 0 aliphatic heterocycles. The minimum absolute atomic E-state index is 0.277. The number of nitrogens with one attached hydrogen (secondary N) is 1. The van der Waals surface area contributed by atoms with E-state index >= 15 is 0 Å². The maximum Gasteiger partial charge on any atom is 0.344 e. The second-order valence-electron chi connectivity index (χ2n) is 5.61. The van der Waals surface area contributed by atoms with Gasteiger partial charge in [0, 0.05) is 10.7 Å². The highest BCUT2D eigenvalue weighted by atomic mass is 35.5. The first-order valence-electron chi connectivity index (χ1n) is 8.48. The summed E-state index contributed by atoms with van der Waals surface area (Å²) in [4.78, 5) is 23.9. The molecule has 0 atom stereocenters. The first kappa shape index (κ1) is 19.8. The van der Waals surface area contributed by atoms with E-state index in [1.165, 1.54) is 0 Å². The maximum absolute atomic E-state index is 12.1. The van der Waals surface area contributed by atoms with Crippen molar-refractivity contribution in [2.24, 2.45) is 0 Å². The van der Waals surface area contributed by atoms with Crippen molar-refractivity contribution in [3.63, 3.8) is 0 Å². The van der Waals surface area contributed by atoms with Crippen molar-refractivity contribution in [3.8, 4) is 5.75 Å². The molecule has 0 saturated carbocycles. The largest absolute Gasteiger partial charge is 0.482 e. The molecular weight excluding hydrogens is 354 g/mol. The number of hydrogen-bond donors (Lipinski definition) is 1. The molecular formula is C20H22ClNO4. The first-order chi connectivity index (χ1) is 12.5. The fourth-order valence-corrected chi connectivity index (χ4v) is 2.57. The smallest absolute Gasteiger partial charge is 0.344 e. The molecule has 5 nitrogen and oxygen atoms in total. The highest BCUT2D eigenvalue weighted by Gasteiger charge is 2.12. The van der Waals surface area contributed by atoms with E-state index in [0.29, 0.717) is 10.8 Å². The Morgan fingerprint density at radius 3 is 2.15 bits per heavy atom. The maximum atomic E-state index is 12.1. The number of hydrogen-bond acceptors (Lipinski definition) is 4. The summed E-state index contributed by atoms with van der Waals surface area (Å²) in [5.41, 5.74) is 2.90. The number of aryl methyl sites for hydroxylation is 2. The van der Waals surface area contributed by atoms with Gasteiger partial charge in [0.1, 0.15) is 5.75 Å². The van der Waals surface area contributed by atoms with Gasteiger partial charge in [0.05, 0.1) is 0 Å². The van der Waals surface area contributed by atoms with Crippen LogP contribution in [0.15, 0.2) is 42.5 Å². The van der Waals surface area contributed by atoms with E-state index in [2.05, 4.69) is 5.32 Å². The fourth-order valence-electron chi connectivity index (χ4n) is 2.44. The molecule has 26 heavy (non-hydrogen) atoms. The van der Waals surface area contributed by atoms with E-state index < -0.39 is 5.97 Å². The van der Waals surface area contributed by atoms with Crippen LogP contribution in [-0.2, 0) is 27.2 Å². The lowest BCUT2D eigenvalue weighted by Gasteiger charge is -2.14. The number of para-hydroxylation sites is 1. The molecule has 0 saturated heterocycles. The number of halogens is 1. The standard InChI is InChI=1S/C20H22ClNO4/c1-3-14-6-5-7-15(4-2)20(14)22-18(23)12-26-19(24)13-25-17-10-8-16(21)9-11-17/h5-11H,3-4,12-13H2,1-2H3,(H,22,23). The van der Waals surface area contributed by atoms with Crippen LogP contribution in [0, 0.1) is 0 Å². The Kier molecular flexibility index (Phi) is 7.48. The highest BCUT2D eigenvalue weighted by molar-refractivity contribution is 6.30. The van der Waals surface area contributed by atoms with Crippen LogP contribution in [-0.4, -0.2) is 25.1 Å². The van der Waals surface area contributed by atoms with Crippen molar-refractivity contribution in [3.05, 3.63) is 58.6 Å². The van der Waals surface area contributed by atoms with Gasteiger partial charge in [-0.15, -0.1) is 0 Å². The molecule has 0 radical (unpaired) electrons. The molecule has 2 aromatic carbocycles. The van der Waals surface area contributed by atoms with Crippen LogP contribution in [0.4, 0.5) is 5.69 Å². The summed E-state index contributed by atoms with van der Waals surface area (Å²) < 4.78 is 10.2. The molecule has 0 aliphatic carbocycles. The Labute approximate surface area is 158 Å². The summed E-state index contributed by atoms with van der Waals surface area (Å²) in [6, 6.07) is 12.5. The quantitative estimate of drug-likeness (QED) is 0.707. The lowest BCUT2D eigenvalue weighted by molar-refractivity contribution is -0.149. The molecule has 0 aromatic heterocycles. The van der Waals surface area contributed by atoms with E-state index in [0.717, 1.165) is 29.7 Å². The zero-order chi connectivity index (χ0) is 18.9. The summed E-state index contributed by atoms with van der Waals surface area (Å²) in [5, 5.41) is 3.42. The zero-order valence-electron chi connectivity index (χ0n) is 14.9. The van der Waals surface area contributed by atoms with Gasteiger partial charge in [0.15, 0.2) is 13.2 Å². The average Bonchev–Trinajstić information content (AvgIpc) is 2.66. The fraction of sp³-hybridized carbons (Fsp3) is 0.300. The van der Waals surface area contributed by atoms with Crippen LogP contribution in [0.1, 0.15) is 25.0 Å². The van der Waals surface area contributed by atoms with Crippen LogP contribution in [0.25, 0.3) is 0 Å². The highest BCUT2D eigenvalue weighted by Crippen LogP contribution is 2.22. The minimum atomic E-state index is -0.616. The van der Waals surface area contributed by atoms with Crippen molar-refractivity contribution in [1.82, 2.24) is 0 Å². The number of carbonyl (C=O) groups excluding carboxylic acids is 2. The van der Waals surface area contributed by atoms with E-state index in [-0.39, 0.29) is 19.1 Å². The zero-order valence-corrected chi connectivity index (χ0v) is 15.6. The summed E-state index contributed by atoms with van der Waals surface area (Å²) in [6.45, 7) is 3.42. The summed E-state index contributed by atoms with van der Waals surface area (Å²) in [7, 11) is 0. The van der Waals surface area contributed by atoms with E-state index in [1.807, 2.05) is 32.0 Å². The van der Waals surface area contributed by atoms with Gasteiger partial charge >= 0.3 is 5.97 Å². The van der Waals surface area contributed by atoms with E-state index in [1.54, 1.807) is 24.3 Å². The monoisotopic (exact) mass is 375 g/mol. The average molecular weight is 376 g/mol. The minimum Gasteiger partial charge on any atom is -0.482 e. The molecule has 0 spiro atoms. The van der Waals surface area contributed by atoms with Crippen molar-refractivity contribution in [1.29, 1.82) is 0 Å².